The molecule has 8 nitrogen and oxygen atoms in total. The molecule has 0 aliphatic carbocycles. The molecule has 2 heterocycles. The highest BCUT2D eigenvalue weighted by Crippen LogP contribution is 2.21. The SMILES string of the molecule is O=C(CCc1ccc(S(=O)(=O)N2CCCCC2)cc1)Nc1cn[nH]n1. The highest BCUT2D eigenvalue weighted by molar-refractivity contribution is 7.89. The summed E-state index contributed by atoms with van der Waals surface area (Å²) in [5.41, 5.74) is 0.910. The maximum atomic E-state index is 12.6. The number of carbonyl (C=O) groups is 1. The number of aryl methyl sites for hydroxylation is 1. The summed E-state index contributed by atoms with van der Waals surface area (Å²) in [5, 5.41) is 12.4. The number of carbonyl (C=O) groups excluding carboxylic acids is 1. The third kappa shape index (κ3) is 4.43. The fourth-order valence-electron chi connectivity index (χ4n) is 2.81. The van der Waals surface area contributed by atoms with Gasteiger partial charge in [0.2, 0.25) is 15.9 Å². The van der Waals surface area contributed by atoms with Crippen molar-refractivity contribution in [3.05, 3.63) is 36.0 Å². The minimum absolute atomic E-state index is 0.168. The third-order valence-corrected chi connectivity index (χ3v) is 6.11. The minimum atomic E-state index is -3.41. The lowest BCUT2D eigenvalue weighted by atomic mass is 10.1. The summed E-state index contributed by atoms with van der Waals surface area (Å²) in [4.78, 5) is 12.1. The average Bonchev–Trinajstić information content (AvgIpc) is 3.14. The summed E-state index contributed by atoms with van der Waals surface area (Å²) in [5.74, 6) is 0.215. The molecule has 0 unspecified atom stereocenters. The number of nitrogens with one attached hydrogen (secondary N) is 2. The molecule has 2 N–H and O–H groups in total. The van der Waals surface area contributed by atoms with Crippen LogP contribution in [-0.4, -0.2) is 47.1 Å². The van der Waals surface area contributed by atoms with Crippen LogP contribution in [0, 0.1) is 0 Å². The number of aromatic amines is 1. The van der Waals surface area contributed by atoms with Crippen molar-refractivity contribution in [3.63, 3.8) is 0 Å². The van der Waals surface area contributed by atoms with Crippen LogP contribution in [0.1, 0.15) is 31.2 Å². The first-order valence-electron chi connectivity index (χ1n) is 8.30. The Morgan fingerprint density at radius 2 is 1.88 bits per heavy atom. The number of hydrogen-bond acceptors (Lipinski definition) is 5. The summed E-state index contributed by atoms with van der Waals surface area (Å²) in [6.07, 6.45) is 5.15. The number of amides is 1. The normalized spacial score (nSPS) is 15.8. The van der Waals surface area contributed by atoms with Gasteiger partial charge in [-0.25, -0.2) is 8.42 Å². The van der Waals surface area contributed by atoms with Gasteiger partial charge in [-0.1, -0.05) is 18.6 Å². The molecule has 1 aliphatic rings. The molecule has 1 aromatic heterocycles. The van der Waals surface area contributed by atoms with Gasteiger partial charge < -0.3 is 5.32 Å². The molecule has 9 heteroatoms. The lowest BCUT2D eigenvalue weighted by Crippen LogP contribution is -2.35. The van der Waals surface area contributed by atoms with Crippen molar-refractivity contribution in [2.24, 2.45) is 0 Å². The van der Waals surface area contributed by atoms with Crippen molar-refractivity contribution in [1.82, 2.24) is 19.7 Å². The molecule has 0 bridgehead atoms. The largest absolute Gasteiger partial charge is 0.308 e. The zero-order valence-corrected chi connectivity index (χ0v) is 14.6. The number of nitrogens with zero attached hydrogens (tertiary/aromatic N) is 3. The van der Waals surface area contributed by atoms with Crippen molar-refractivity contribution in [1.29, 1.82) is 0 Å². The number of aromatic nitrogens is 3. The first-order valence-corrected chi connectivity index (χ1v) is 9.74. The molecular formula is C16H21N5O3S. The number of H-pyrrole nitrogens is 1. The van der Waals surface area contributed by atoms with Gasteiger partial charge in [-0.05, 0) is 37.0 Å². The van der Waals surface area contributed by atoms with Gasteiger partial charge in [-0.3, -0.25) is 4.79 Å². The van der Waals surface area contributed by atoms with E-state index < -0.39 is 10.0 Å². The van der Waals surface area contributed by atoms with Gasteiger partial charge in [0, 0.05) is 19.5 Å². The van der Waals surface area contributed by atoms with Gasteiger partial charge in [-0.15, -0.1) is 5.10 Å². The molecule has 1 aliphatic heterocycles. The molecule has 0 saturated carbocycles. The number of benzene rings is 1. The van der Waals surface area contributed by atoms with E-state index >= 15 is 0 Å². The molecule has 0 spiro atoms. The lowest BCUT2D eigenvalue weighted by Gasteiger charge is -2.25. The quantitative estimate of drug-likeness (QED) is 0.809. The van der Waals surface area contributed by atoms with Gasteiger partial charge in [0.05, 0.1) is 11.1 Å². The Morgan fingerprint density at radius 1 is 1.16 bits per heavy atom. The average molecular weight is 363 g/mol. The van der Waals surface area contributed by atoms with Gasteiger partial charge in [0.25, 0.3) is 0 Å². The van der Waals surface area contributed by atoms with Crippen LogP contribution >= 0.6 is 0 Å². The van der Waals surface area contributed by atoms with Crippen LogP contribution in [-0.2, 0) is 21.2 Å². The zero-order chi connectivity index (χ0) is 17.7. The standard InChI is InChI=1S/C16H21N5O3S/c22-16(18-15-12-17-20-19-15)9-6-13-4-7-14(8-5-13)25(23,24)21-10-2-1-3-11-21/h4-5,7-8,12H,1-3,6,9-11H2,(H2,17,18,19,20,22). The summed E-state index contributed by atoms with van der Waals surface area (Å²) in [7, 11) is -3.41. The van der Waals surface area contributed by atoms with Crippen LogP contribution in [0.15, 0.2) is 35.4 Å². The van der Waals surface area contributed by atoms with Gasteiger partial charge >= 0.3 is 0 Å². The van der Waals surface area contributed by atoms with Crippen molar-refractivity contribution in [2.75, 3.05) is 18.4 Å². The second-order valence-electron chi connectivity index (χ2n) is 6.01. The van der Waals surface area contributed by atoms with E-state index in [0.29, 0.717) is 30.2 Å². The molecule has 0 atom stereocenters. The van der Waals surface area contributed by atoms with E-state index in [1.54, 1.807) is 28.6 Å². The monoisotopic (exact) mass is 363 g/mol. The number of anilines is 1. The first kappa shape index (κ1) is 17.6. The second kappa shape index (κ2) is 7.75. The molecule has 1 amide bonds. The molecular weight excluding hydrogens is 342 g/mol. The Hall–Kier alpha value is -2.26. The van der Waals surface area contributed by atoms with E-state index in [9.17, 15) is 13.2 Å². The van der Waals surface area contributed by atoms with Crippen LogP contribution in [0.25, 0.3) is 0 Å². The van der Waals surface area contributed by atoms with Gasteiger partial charge in [-0.2, -0.15) is 14.6 Å². The summed E-state index contributed by atoms with van der Waals surface area (Å²) >= 11 is 0. The Balaban J connectivity index is 1.57. The predicted molar refractivity (Wildman–Crippen MR) is 92.4 cm³/mol. The second-order valence-corrected chi connectivity index (χ2v) is 7.95. The van der Waals surface area contributed by atoms with E-state index in [1.807, 2.05) is 0 Å². The zero-order valence-electron chi connectivity index (χ0n) is 13.8. The molecule has 1 fully saturated rings. The molecule has 25 heavy (non-hydrogen) atoms. The smallest absolute Gasteiger partial charge is 0.243 e. The van der Waals surface area contributed by atoms with Gasteiger partial charge in [0.15, 0.2) is 5.82 Å². The summed E-state index contributed by atoms with van der Waals surface area (Å²) in [6.45, 7) is 1.18. The molecule has 2 aromatic rings. The maximum Gasteiger partial charge on any atom is 0.243 e. The van der Waals surface area contributed by atoms with E-state index in [4.69, 9.17) is 0 Å². The fraction of sp³-hybridized carbons (Fsp3) is 0.438. The van der Waals surface area contributed by atoms with Crippen molar-refractivity contribution < 1.29 is 13.2 Å². The summed E-state index contributed by atoms with van der Waals surface area (Å²) in [6, 6.07) is 6.77. The maximum absolute atomic E-state index is 12.6. The van der Waals surface area contributed by atoms with E-state index in [1.165, 1.54) is 6.20 Å². The van der Waals surface area contributed by atoms with Crippen molar-refractivity contribution >= 4 is 21.7 Å². The van der Waals surface area contributed by atoms with Crippen LogP contribution < -0.4 is 5.32 Å². The number of piperidine rings is 1. The number of sulfonamides is 1. The predicted octanol–water partition coefficient (Wildman–Crippen LogP) is 1.55. The fourth-order valence-corrected chi connectivity index (χ4v) is 4.32. The molecule has 1 saturated heterocycles. The Labute approximate surface area is 146 Å². The number of hydrogen-bond donors (Lipinski definition) is 2. The molecule has 3 rings (SSSR count). The highest BCUT2D eigenvalue weighted by Gasteiger charge is 2.25. The first-order chi connectivity index (χ1) is 12.1. The van der Waals surface area contributed by atoms with Crippen molar-refractivity contribution in [3.8, 4) is 0 Å². The molecule has 1 aromatic carbocycles. The van der Waals surface area contributed by atoms with Crippen molar-refractivity contribution in [2.45, 2.75) is 37.0 Å². The Kier molecular flexibility index (Phi) is 5.44. The third-order valence-electron chi connectivity index (χ3n) is 4.20. The molecule has 0 radical (unpaired) electrons. The van der Waals surface area contributed by atoms with Crippen LogP contribution in [0.5, 0.6) is 0 Å². The highest BCUT2D eigenvalue weighted by atomic mass is 32.2. The number of rotatable bonds is 6. The van der Waals surface area contributed by atoms with E-state index in [2.05, 4.69) is 20.7 Å². The topological polar surface area (TPSA) is 108 Å². The van der Waals surface area contributed by atoms with Gasteiger partial charge in [0.1, 0.15) is 0 Å². The van der Waals surface area contributed by atoms with Crippen LogP contribution in [0.3, 0.4) is 0 Å². The van der Waals surface area contributed by atoms with E-state index in [0.717, 1.165) is 24.8 Å². The molecule has 134 valence electrons. The van der Waals surface area contributed by atoms with Crippen LogP contribution in [0.2, 0.25) is 0 Å². The minimum Gasteiger partial charge on any atom is -0.308 e. The van der Waals surface area contributed by atoms with E-state index in [-0.39, 0.29) is 12.3 Å². The Bertz CT molecular complexity index is 797. The van der Waals surface area contributed by atoms with Crippen LogP contribution in [0.4, 0.5) is 5.82 Å². The summed E-state index contributed by atoms with van der Waals surface area (Å²) < 4.78 is 26.7. The Morgan fingerprint density at radius 3 is 2.52 bits per heavy atom. The lowest BCUT2D eigenvalue weighted by molar-refractivity contribution is -0.116.